The van der Waals surface area contributed by atoms with Crippen molar-refractivity contribution in [3.63, 3.8) is 0 Å². The Morgan fingerprint density at radius 2 is 1.65 bits per heavy atom. The van der Waals surface area contributed by atoms with Crippen molar-refractivity contribution in [3.05, 3.63) is 0 Å². The maximum atomic E-state index is 11.9. The number of nitrogens with zero attached hydrogens (tertiary/aromatic N) is 1. The summed E-state index contributed by atoms with van der Waals surface area (Å²) in [5, 5.41) is 11.7. The minimum atomic E-state index is -0.880. The topological polar surface area (TPSA) is 86.7 Å². The molecule has 0 radical (unpaired) electrons. The number of hydrogen-bond acceptors (Lipinski definition) is 3. The maximum absolute atomic E-state index is 11.9. The molecule has 6 heteroatoms. The molecule has 2 aliphatic carbocycles. The van der Waals surface area contributed by atoms with Gasteiger partial charge in [0.25, 0.3) is 0 Å². The Kier molecular flexibility index (Phi) is 3.40. The number of nitrogens with one attached hydrogen (secondary N) is 1. The van der Waals surface area contributed by atoms with E-state index in [9.17, 15) is 14.4 Å². The Balaban J connectivity index is 1.41. The number of piperidine rings is 1. The van der Waals surface area contributed by atoms with Gasteiger partial charge in [0.05, 0.1) is 11.8 Å². The van der Waals surface area contributed by atoms with Crippen LogP contribution in [0.15, 0.2) is 0 Å². The summed E-state index contributed by atoms with van der Waals surface area (Å²) < 4.78 is 0. The highest BCUT2D eigenvalue weighted by molar-refractivity contribution is 5.89. The monoisotopic (exact) mass is 280 g/mol. The molecule has 3 aliphatic rings. The van der Waals surface area contributed by atoms with Crippen molar-refractivity contribution in [2.24, 2.45) is 17.8 Å². The first-order chi connectivity index (χ1) is 9.56. The molecule has 0 aromatic rings. The largest absolute Gasteiger partial charge is 0.481 e. The second-order valence-electron chi connectivity index (χ2n) is 6.17. The number of aliphatic carboxylic acids is 1. The highest BCUT2D eigenvalue weighted by Crippen LogP contribution is 2.39. The average molecular weight is 280 g/mol. The van der Waals surface area contributed by atoms with Crippen molar-refractivity contribution in [3.8, 4) is 0 Å². The third-order valence-electron chi connectivity index (χ3n) is 4.52. The quantitative estimate of drug-likeness (QED) is 0.771. The molecule has 0 aromatic carbocycles. The van der Waals surface area contributed by atoms with Crippen molar-refractivity contribution < 1.29 is 19.5 Å². The summed E-state index contributed by atoms with van der Waals surface area (Å²) in [6, 6.07) is 0.0841. The van der Waals surface area contributed by atoms with E-state index >= 15 is 0 Å². The lowest BCUT2D eigenvalue weighted by Gasteiger charge is -2.32. The van der Waals surface area contributed by atoms with Crippen LogP contribution >= 0.6 is 0 Å². The molecule has 0 aromatic heterocycles. The van der Waals surface area contributed by atoms with E-state index in [4.69, 9.17) is 5.11 Å². The number of likely N-dealkylation sites (tertiary alicyclic amines) is 1. The molecule has 2 saturated carbocycles. The Bertz CT molecular complexity index is 438. The molecule has 1 aliphatic heterocycles. The molecule has 0 spiro atoms. The second kappa shape index (κ2) is 5.07. The Hall–Kier alpha value is -1.59. The van der Waals surface area contributed by atoms with Crippen LogP contribution in [0.4, 0.5) is 0 Å². The molecule has 2 amide bonds. The number of rotatable bonds is 4. The van der Waals surface area contributed by atoms with Crippen LogP contribution in [0.25, 0.3) is 0 Å². The average Bonchev–Trinajstić information content (AvgIpc) is 3.30. The molecular weight excluding hydrogens is 260 g/mol. The first kappa shape index (κ1) is 13.4. The maximum Gasteiger partial charge on any atom is 0.307 e. The van der Waals surface area contributed by atoms with Crippen LogP contribution in [0.2, 0.25) is 0 Å². The summed E-state index contributed by atoms with van der Waals surface area (Å²) in [4.78, 5) is 36.4. The van der Waals surface area contributed by atoms with Crippen molar-refractivity contribution in [2.75, 3.05) is 13.1 Å². The van der Waals surface area contributed by atoms with Crippen LogP contribution in [-0.4, -0.2) is 46.9 Å². The van der Waals surface area contributed by atoms with E-state index in [-0.39, 0.29) is 29.7 Å². The normalized spacial score (nSPS) is 29.9. The number of carboxylic acid groups (broad SMARTS) is 1. The second-order valence-corrected chi connectivity index (χ2v) is 6.17. The van der Waals surface area contributed by atoms with E-state index in [0.29, 0.717) is 19.5 Å². The van der Waals surface area contributed by atoms with Gasteiger partial charge >= 0.3 is 5.97 Å². The molecule has 1 saturated heterocycles. The number of carbonyl (C=O) groups excluding carboxylic acids is 2. The Morgan fingerprint density at radius 3 is 2.15 bits per heavy atom. The minimum Gasteiger partial charge on any atom is -0.481 e. The Morgan fingerprint density at radius 1 is 1.00 bits per heavy atom. The molecule has 110 valence electrons. The molecule has 3 fully saturated rings. The van der Waals surface area contributed by atoms with Crippen LogP contribution in [0.3, 0.4) is 0 Å². The van der Waals surface area contributed by atoms with Gasteiger partial charge in [-0.2, -0.15) is 0 Å². The van der Waals surface area contributed by atoms with Crippen molar-refractivity contribution in [1.29, 1.82) is 0 Å². The minimum absolute atomic E-state index is 0.0841. The van der Waals surface area contributed by atoms with Crippen molar-refractivity contribution in [1.82, 2.24) is 10.2 Å². The van der Waals surface area contributed by atoms with E-state index in [2.05, 4.69) is 5.32 Å². The van der Waals surface area contributed by atoms with Crippen LogP contribution in [-0.2, 0) is 14.4 Å². The molecule has 0 bridgehead atoms. The molecule has 2 unspecified atom stereocenters. The molecular formula is C14H20N2O4. The molecule has 20 heavy (non-hydrogen) atoms. The van der Waals surface area contributed by atoms with Gasteiger partial charge in [-0.3, -0.25) is 14.4 Å². The predicted molar refractivity (Wildman–Crippen MR) is 69.7 cm³/mol. The molecule has 2 N–H and O–H groups in total. The summed E-state index contributed by atoms with van der Waals surface area (Å²) in [6.45, 7) is 1.40. The third kappa shape index (κ3) is 2.78. The summed E-state index contributed by atoms with van der Waals surface area (Å²) >= 11 is 0. The first-order valence-electron chi connectivity index (χ1n) is 7.38. The SMILES string of the molecule is O=C(O)C1CC1C(=O)NC1CCN(C(=O)C2CC2)CC1. The van der Waals surface area contributed by atoms with Gasteiger partial charge in [-0.1, -0.05) is 0 Å². The lowest BCUT2D eigenvalue weighted by Crippen LogP contribution is -2.47. The summed E-state index contributed by atoms with van der Waals surface area (Å²) in [5.41, 5.74) is 0. The van der Waals surface area contributed by atoms with E-state index in [1.54, 1.807) is 0 Å². The van der Waals surface area contributed by atoms with E-state index in [0.717, 1.165) is 25.7 Å². The summed E-state index contributed by atoms with van der Waals surface area (Å²) in [7, 11) is 0. The van der Waals surface area contributed by atoms with Crippen LogP contribution in [0, 0.1) is 17.8 Å². The van der Waals surface area contributed by atoms with E-state index < -0.39 is 11.9 Å². The zero-order valence-corrected chi connectivity index (χ0v) is 11.4. The third-order valence-corrected chi connectivity index (χ3v) is 4.52. The first-order valence-corrected chi connectivity index (χ1v) is 7.38. The molecule has 6 nitrogen and oxygen atoms in total. The molecule has 1 heterocycles. The lowest BCUT2D eigenvalue weighted by atomic mass is 10.0. The number of carbonyl (C=O) groups is 3. The van der Waals surface area contributed by atoms with E-state index in [1.807, 2.05) is 4.90 Å². The van der Waals surface area contributed by atoms with Crippen molar-refractivity contribution in [2.45, 2.75) is 38.1 Å². The van der Waals surface area contributed by atoms with Crippen molar-refractivity contribution >= 4 is 17.8 Å². The zero-order chi connectivity index (χ0) is 14.3. The number of carboxylic acids is 1. The van der Waals surface area contributed by atoms with Gasteiger partial charge < -0.3 is 15.3 Å². The lowest BCUT2D eigenvalue weighted by molar-refractivity contribution is -0.140. The van der Waals surface area contributed by atoms with Gasteiger partial charge in [-0.25, -0.2) is 0 Å². The Labute approximate surface area is 117 Å². The highest BCUT2D eigenvalue weighted by atomic mass is 16.4. The summed E-state index contributed by atoms with van der Waals surface area (Å²) in [5.74, 6) is -1.34. The highest BCUT2D eigenvalue weighted by Gasteiger charge is 2.48. The van der Waals surface area contributed by atoms with Gasteiger partial charge in [0.1, 0.15) is 0 Å². The number of amides is 2. The smallest absolute Gasteiger partial charge is 0.307 e. The van der Waals surface area contributed by atoms with E-state index in [1.165, 1.54) is 0 Å². The van der Waals surface area contributed by atoms with Gasteiger partial charge in [0.2, 0.25) is 11.8 Å². The molecule has 3 rings (SSSR count). The zero-order valence-electron chi connectivity index (χ0n) is 11.4. The predicted octanol–water partition coefficient (Wildman–Crippen LogP) is 0.224. The van der Waals surface area contributed by atoms with Crippen LogP contribution in [0.5, 0.6) is 0 Å². The van der Waals surface area contributed by atoms with Crippen LogP contribution in [0.1, 0.15) is 32.1 Å². The fourth-order valence-electron chi connectivity index (χ4n) is 2.90. The van der Waals surface area contributed by atoms with Crippen LogP contribution < -0.4 is 5.32 Å². The van der Waals surface area contributed by atoms with Gasteiger partial charge in [-0.15, -0.1) is 0 Å². The molecule has 2 atom stereocenters. The number of hydrogen-bond donors (Lipinski definition) is 2. The van der Waals surface area contributed by atoms with Gasteiger partial charge in [0.15, 0.2) is 0 Å². The van der Waals surface area contributed by atoms with Gasteiger partial charge in [-0.05, 0) is 32.1 Å². The summed E-state index contributed by atoms with van der Waals surface area (Å²) in [6.07, 6.45) is 4.05. The van der Waals surface area contributed by atoms with Gasteiger partial charge in [0, 0.05) is 25.0 Å². The fraction of sp³-hybridized carbons (Fsp3) is 0.786. The fourth-order valence-corrected chi connectivity index (χ4v) is 2.90. The standard InChI is InChI=1S/C14H20N2O4/c17-12(10-7-11(10)14(19)20)15-9-3-5-16(6-4-9)13(18)8-1-2-8/h8-11H,1-7H2,(H,15,17)(H,19,20).